The average molecular weight is 475 g/mol. The fourth-order valence-electron chi connectivity index (χ4n) is 3.76. The molecule has 0 bridgehead atoms. The van der Waals surface area contributed by atoms with E-state index in [1.54, 1.807) is 48.8 Å². The minimum atomic E-state index is -0.287. The molecule has 1 aliphatic heterocycles. The second kappa shape index (κ2) is 12.0. The van der Waals surface area contributed by atoms with Crippen LogP contribution in [0.4, 0.5) is 17.3 Å². The summed E-state index contributed by atoms with van der Waals surface area (Å²) in [6, 6.07) is 12.0. The Labute approximate surface area is 204 Å². The van der Waals surface area contributed by atoms with Crippen molar-refractivity contribution in [3.05, 3.63) is 72.3 Å². The van der Waals surface area contributed by atoms with Crippen molar-refractivity contribution < 1.29 is 9.59 Å². The van der Waals surface area contributed by atoms with Gasteiger partial charge in [0, 0.05) is 61.9 Å². The number of likely N-dealkylation sites (N-methyl/N-ethyl adjacent to an activating group) is 1. The normalized spacial score (nSPS) is 14.3. The molecule has 0 aliphatic carbocycles. The summed E-state index contributed by atoms with van der Waals surface area (Å²) in [7, 11) is 2.14. The summed E-state index contributed by atoms with van der Waals surface area (Å²) in [5, 5.41) is 8.88. The number of carbonyl (C=O) groups is 2. The Balaban J connectivity index is 1.29. The number of nitrogens with one attached hydrogen (secondary N) is 3. The van der Waals surface area contributed by atoms with Crippen LogP contribution in [0.2, 0.25) is 0 Å². The molecule has 4 rings (SSSR count). The van der Waals surface area contributed by atoms with Gasteiger partial charge in [0.2, 0.25) is 0 Å². The van der Waals surface area contributed by atoms with Crippen molar-refractivity contribution in [1.29, 1.82) is 0 Å². The van der Waals surface area contributed by atoms with E-state index in [1.807, 2.05) is 6.07 Å². The predicted molar refractivity (Wildman–Crippen MR) is 135 cm³/mol. The van der Waals surface area contributed by atoms with E-state index in [4.69, 9.17) is 0 Å². The highest BCUT2D eigenvalue weighted by Crippen LogP contribution is 2.18. The van der Waals surface area contributed by atoms with Crippen molar-refractivity contribution in [2.24, 2.45) is 0 Å². The quantitative estimate of drug-likeness (QED) is 0.405. The van der Waals surface area contributed by atoms with Crippen LogP contribution < -0.4 is 16.0 Å². The first-order chi connectivity index (χ1) is 17.1. The summed E-state index contributed by atoms with van der Waals surface area (Å²) in [5.41, 5.74) is 1.67. The molecule has 1 fully saturated rings. The molecule has 0 saturated carbocycles. The third-order valence-corrected chi connectivity index (χ3v) is 5.78. The van der Waals surface area contributed by atoms with Gasteiger partial charge < -0.3 is 25.8 Å². The fraction of sp³-hybridized carbons (Fsp3) is 0.320. The Hall–Kier alpha value is -3.89. The van der Waals surface area contributed by atoms with Crippen LogP contribution in [0.3, 0.4) is 0 Å². The van der Waals surface area contributed by atoms with E-state index in [0.717, 1.165) is 39.1 Å². The van der Waals surface area contributed by atoms with Crippen LogP contribution in [0.15, 0.2) is 61.2 Å². The summed E-state index contributed by atoms with van der Waals surface area (Å²) in [6.07, 6.45) is 5.43. The van der Waals surface area contributed by atoms with Crippen LogP contribution >= 0.6 is 0 Å². The fourth-order valence-corrected chi connectivity index (χ4v) is 3.76. The van der Waals surface area contributed by atoms with Crippen molar-refractivity contribution in [1.82, 2.24) is 30.1 Å². The summed E-state index contributed by atoms with van der Waals surface area (Å²) < 4.78 is 0. The van der Waals surface area contributed by atoms with E-state index in [0.29, 0.717) is 35.0 Å². The Kier molecular flexibility index (Phi) is 8.31. The maximum atomic E-state index is 12.6. The maximum absolute atomic E-state index is 12.6. The number of amides is 2. The molecule has 10 nitrogen and oxygen atoms in total. The first-order valence-electron chi connectivity index (χ1n) is 11.7. The van der Waals surface area contributed by atoms with Gasteiger partial charge in [-0.2, -0.15) is 0 Å². The zero-order chi connectivity index (χ0) is 24.5. The number of piperazine rings is 1. The van der Waals surface area contributed by atoms with Crippen LogP contribution in [0.1, 0.15) is 27.1 Å². The highest BCUT2D eigenvalue weighted by Gasteiger charge is 2.13. The molecule has 0 atom stereocenters. The summed E-state index contributed by atoms with van der Waals surface area (Å²) in [6.45, 7) is 5.95. The minimum Gasteiger partial charge on any atom is -0.352 e. The van der Waals surface area contributed by atoms with Gasteiger partial charge in [-0.15, -0.1) is 0 Å². The van der Waals surface area contributed by atoms with Crippen molar-refractivity contribution in [2.75, 3.05) is 56.9 Å². The minimum absolute atomic E-state index is 0.133. The number of hydrogen-bond donors (Lipinski definition) is 3. The lowest BCUT2D eigenvalue weighted by Crippen LogP contribution is -2.45. The van der Waals surface area contributed by atoms with Gasteiger partial charge in [0.1, 0.15) is 18.0 Å². The molecule has 10 heteroatoms. The second-order valence-electron chi connectivity index (χ2n) is 8.44. The molecular weight excluding hydrogens is 444 g/mol. The van der Waals surface area contributed by atoms with Gasteiger partial charge in [0.05, 0.1) is 0 Å². The number of carbonyl (C=O) groups excluding carboxylic acids is 2. The molecule has 1 saturated heterocycles. The zero-order valence-corrected chi connectivity index (χ0v) is 19.8. The second-order valence-corrected chi connectivity index (χ2v) is 8.44. The Bertz CT molecular complexity index is 1130. The SMILES string of the molecule is CN1CCN(CCCNC(=O)c2ccnc(Nc3cccc(C(=O)Nc4ccncn4)c3)c2)CC1. The highest BCUT2D eigenvalue weighted by molar-refractivity contribution is 6.04. The molecule has 182 valence electrons. The molecule has 2 amide bonds. The number of rotatable bonds is 9. The molecule has 35 heavy (non-hydrogen) atoms. The third-order valence-electron chi connectivity index (χ3n) is 5.78. The molecule has 3 aromatic rings. The van der Waals surface area contributed by atoms with Crippen LogP contribution in [0.5, 0.6) is 0 Å². The number of benzene rings is 1. The lowest BCUT2D eigenvalue weighted by atomic mass is 10.2. The van der Waals surface area contributed by atoms with Crippen molar-refractivity contribution in [3.8, 4) is 0 Å². The van der Waals surface area contributed by atoms with E-state index in [-0.39, 0.29) is 11.8 Å². The van der Waals surface area contributed by atoms with Gasteiger partial charge in [-0.3, -0.25) is 9.59 Å². The molecule has 2 aromatic heterocycles. The molecular formula is C25H30N8O2. The number of hydrogen-bond acceptors (Lipinski definition) is 8. The van der Waals surface area contributed by atoms with Gasteiger partial charge in [-0.25, -0.2) is 15.0 Å². The molecule has 0 spiro atoms. The van der Waals surface area contributed by atoms with Crippen molar-refractivity contribution in [3.63, 3.8) is 0 Å². The zero-order valence-electron chi connectivity index (χ0n) is 19.8. The maximum Gasteiger partial charge on any atom is 0.256 e. The van der Waals surface area contributed by atoms with E-state index in [1.165, 1.54) is 6.33 Å². The molecule has 0 radical (unpaired) electrons. The van der Waals surface area contributed by atoms with Crippen molar-refractivity contribution in [2.45, 2.75) is 6.42 Å². The van der Waals surface area contributed by atoms with Crippen LogP contribution in [-0.2, 0) is 0 Å². The molecule has 3 heterocycles. The third kappa shape index (κ3) is 7.29. The number of anilines is 3. The molecule has 3 N–H and O–H groups in total. The lowest BCUT2D eigenvalue weighted by molar-refractivity contribution is 0.0948. The first kappa shape index (κ1) is 24.2. The number of nitrogens with zero attached hydrogens (tertiary/aromatic N) is 5. The topological polar surface area (TPSA) is 115 Å². The van der Waals surface area contributed by atoms with Gasteiger partial charge in [-0.05, 0) is 56.4 Å². The van der Waals surface area contributed by atoms with E-state index in [2.05, 4.69) is 47.7 Å². The monoisotopic (exact) mass is 474 g/mol. The number of pyridine rings is 1. The Morgan fingerprint density at radius 2 is 1.74 bits per heavy atom. The number of aromatic nitrogens is 3. The smallest absolute Gasteiger partial charge is 0.256 e. The Morgan fingerprint density at radius 1 is 0.914 bits per heavy atom. The largest absolute Gasteiger partial charge is 0.352 e. The molecule has 0 unspecified atom stereocenters. The van der Waals surface area contributed by atoms with Gasteiger partial charge in [-0.1, -0.05) is 6.07 Å². The van der Waals surface area contributed by atoms with Crippen molar-refractivity contribution >= 4 is 29.1 Å². The summed E-state index contributed by atoms with van der Waals surface area (Å²) in [4.78, 5) is 42.0. The standard InChI is InChI=1S/C25H30N8O2/c1-32-12-14-33(15-13-32)11-3-8-28-24(34)20-6-10-27-23(17-20)30-21-5-2-4-19(16-21)25(35)31-22-7-9-26-18-29-22/h2,4-7,9-10,16-18H,3,8,11-15H2,1H3,(H,27,30)(H,28,34)(H,26,29,31,35). The van der Waals surface area contributed by atoms with E-state index < -0.39 is 0 Å². The van der Waals surface area contributed by atoms with E-state index in [9.17, 15) is 9.59 Å². The average Bonchev–Trinajstić information content (AvgIpc) is 2.88. The van der Waals surface area contributed by atoms with Gasteiger partial charge in [0.25, 0.3) is 11.8 Å². The Morgan fingerprint density at radius 3 is 2.54 bits per heavy atom. The summed E-state index contributed by atoms with van der Waals surface area (Å²) in [5.74, 6) is 0.521. The molecule has 1 aromatic carbocycles. The van der Waals surface area contributed by atoms with E-state index >= 15 is 0 Å². The lowest BCUT2D eigenvalue weighted by Gasteiger charge is -2.32. The van der Waals surface area contributed by atoms with Crippen LogP contribution in [0.25, 0.3) is 0 Å². The van der Waals surface area contributed by atoms with Crippen LogP contribution in [0, 0.1) is 0 Å². The van der Waals surface area contributed by atoms with Gasteiger partial charge in [0.15, 0.2) is 0 Å². The van der Waals surface area contributed by atoms with Gasteiger partial charge >= 0.3 is 0 Å². The van der Waals surface area contributed by atoms with Crippen LogP contribution in [-0.4, -0.2) is 82.9 Å². The first-order valence-corrected chi connectivity index (χ1v) is 11.7. The highest BCUT2D eigenvalue weighted by atomic mass is 16.2. The molecule has 1 aliphatic rings. The summed E-state index contributed by atoms with van der Waals surface area (Å²) >= 11 is 0. The predicted octanol–water partition coefficient (Wildman–Crippen LogP) is 2.23.